The number of piperazine rings is 1. The van der Waals surface area contributed by atoms with Crippen LogP contribution in [-0.2, 0) is 4.79 Å². The molecule has 1 amide bonds. The molecule has 1 rings (SSSR count). The van der Waals surface area contributed by atoms with Gasteiger partial charge in [0.1, 0.15) is 0 Å². The lowest BCUT2D eigenvalue weighted by Gasteiger charge is -2.39. The fourth-order valence-corrected chi connectivity index (χ4v) is 2.52. The molecule has 1 saturated heterocycles. The van der Waals surface area contributed by atoms with Gasteiger partial charge < -0.3 is 10.2 Å². The lowest BCUT2D eigenvalue weighted by Crippen LogP contribution is -2.57. The molecule has 1 aliphatic rings. The highest BCUT2D eigenvalue weighted by Crippen LogP contribution is 2.19. The molecule has 1 N–H and O–H groups in total. The van der Waals surface area contributed by atoms with Crippen molar-refractivity contribution in [3.05, 3.63) is 0 Å². The molecular formula is C14H28N2O. The Kier molecular flexibility index (Phi) is 5.96. The standard InChI is InChI=1S/C14H28N2O/c1-5-7-8-13(6-2)14(17)16-10-11(3)15-9-12(16)4/h11-13,15H,5-10H2,1-4H3. The number of carbonyl (C=O) groups is 1. The number of unbranched alkanes of at least 4 members (excludes halogenated alkanes) is 1. The summed E-state index contributed by atoms with van der Waals surface area (Å²) in [5.74, 6) is 0.615. The molecule has 0 saturated carbocycles. The SMILES string of the molecule is CCCCC(CC)C(=O)N1CC(C)NCC1C. The Hall–Kier alpha value is -0.570. The third-order valence-corrected chi connectivity index (χ3v) is 3.80. The smallest absolute Gasteiger partial charge is 0.226 e. The molecule has 100 valence electrons. The van der Waals surface area contributed by atoms with Gasteiger partial charge in [-0.15, -0.1) is 0 Å². The zero-order chi connectivity index (χ0) is 12.8. The van der Waals surface area contributed by atoms with Gasteiger partial charge in [0.2, 0.25) is 5.91 Å². The van der Waals surface area contributed by atoms with E-state index in [2.05, 4.69) is 37.9 Å². The summed E-state index contributed by atoms with van der Waals surface area (Å²) in [6.45, 7) is 10.4. The maximum Gasteiger partial charge on any atom is 0.226 e. The Morgan fingerprint density at radius 3 is 2.71 bits per heavy atom. The number of rotatable bonds is 5. The van der Waals surface area contributed by atoms with Gasteiger partial charge in [0.25, 0.3) is 0 Å². The fraction of sp³-hybridized carbons (Fsp3) is 0.929. The van der Waals surface area contributed by atoms with E-state index in [-0.39, 0.29) is 5.92 Å². The van der Waals surface area contributed by atoms with Gasteiger partial charge in [0, 0.05) is 31.1 Å². The summed E-state index contributed by atoms with van der Waals surface area (Å²) in [6.07, 6.45) is 4.37. The molecule has 0 aliphatic carbocycles. The van der Waals surface area contributed by atoms with Crippen LogP contribution >= 0.6 is 0 Å². The molecule has 0 radical (unpaired) electrons. The summed E-state index contributed by atoms with van der Waals surface area (Å²) >= 11 is 0. The minimum atomic E-state index is 0.239. The van der Waals surface area contributed by atoms with Crippen molar-refractivity contribution in [1.82, 2.24) is 10.2 Å². The van der Waals surface area contributed by atoms with Gasteiger partial charge in [-0.05, 0) is 26.7 Å². The molecule has 3 nitrogen and oxygen atoms in total. The van der Waals surface area contributed by atoms with Crippen LogP contribution in [0.5, 0.6) is 0 Å². The van der Waals surface area contributed by atoms with Crippen LogP contribution in [0, 0.1) is 5.92 Å². The molecule has 1 fully saturated rings. The van der Waals surface area contributed by atoms with Crippen molar-refractivity contribution in [2.45, 2.75) is 65.5 Å². The van der Waals surface area contributed by atoms with Gasteiger partial charge in [0.05, 0.1) is 0 Å². The van der Waals surface area contributed by atoms with E-state index in [1.807, 2.05) is 0 Å². The van der Waals surface area contributed by atoms with Gasteiger partial charge >= 0.3 is 0 Å². The highest BCUT2D eigenvalue weighted by Gasteiger charge is 2.30. The molecule has 1 aliphatic heterocycles. The maximum absolute atomic E-state index is 12.5. The monoisotopic (exact) mass is 240 g/mol. The fourth-order valence-electron chi connectivity index (χ4n) is 2.52. The van der Waals surface area contributed by atoms with Crippen LogP contribution in [0.15, 0.2) is 0 Å². The summed E-state index contributed by atoms with van der Waals surface area (Å²) in [5, 5.41) is 3.42. The van der Waals surface area contributed by atoms with Crippen LogP contribution in [0.4, 0.5) is 0 Å². The summed E-state index contributed by atoms with van der Waals surface area (Å²) in [6, 6.07) is 0.771. The Morgan fingerprint density at radius 2 is 2.12 bits per heavy atom. The number of hydrogen-bond acceptors (Lipinski definition) is 2. The van der Waals surface area contributed by atoms with Crippen LogP contribution in [0.3, 0.4) is 0 Å². The first-order chi connectivity index (χ1) is 8.10. The number of nitrogens with one attached hydrogen (secondary N) is 1. The van der Waals surface area contributed by atoms with Gasteiger partial charge in [-0.25, -0.2) is 0 Å². The quantitative estimate of drug-likeness (QED) is 0.800. The van der Waals surface area contributed by atoms with Crippen molar-refractivity contribution in [2.75, 3.05) is 13.1 Å². The topological polar surface area (TPSA) is 32.3 Å². The van der Waals surface area contributed by atoms with Crippen LogP contribution in [0.1, 0.15) is 53.4 Å². The lowest BCUT2D eigenvalue weighted by atomic mass is 9.96. The average Bonchev–Trinajstić information content (AvgIpc) is 2.33. The van der Waals surface area contributed by atoms with E-state index in [0.717, 1.165) is 25.9 Å². The predicted octanol–water partition coefficient (Wildman–Crippen LogP) is 2.41. The van der Waals surface area contributed by atoms with E-state index in [0.29, 0.717) is 18.0 Å². The van der Waals surface area contributed by atoms with Gasteiger partial charge in [-0.1, -0.05) is 26.7 Å². The zero-order valence-electron chi connectivity index (χ0n) is 11.8. The van der Waals surface area contributed by atoms with Crippen LogP contribution in [-0.4, -0.2) is 36.0 Å². The minimum absolute atomic E-state index is 0.239. The van der Waals surface area contributed by atoms with Crippen molar-refractivity contribution in [1.29, 1.82) is 0 Å². The second-order valence-corrected chi connectivity index (χ2v) is 5.40. The Morgan fingerprint density at radius 1 is 1.41 bits per heavy atom. The molecule has 0 aromatic rings. The van der Waals surface area contributed by atoms with E-state index >= 15 is 0 Å². The predicted molar refractivity (Wildman–Crippen MR) is 71.9 cm³/mol. The number of nitrogens with zero attached hydrogens (tertiary/aromatic N) is 1. The normalized spacial score (nSPS) is 26.9. The molecule has 3 atom stereocenters. The second kappa shape index (κ2) is 7.00. The third-order valence-electron chi connectivity index (χ3n) is 3.80. The minimum Gasteiger partial charge on any atom is -0.337 e. The first-order valence-corrected chi connectivity index (χ1v) is 7.13. The molecule has 0 spiro atoms. The molecule has 17 heavy (non-hydrogen) atoms. The third kappa shape index (κ3) is 3.98. The van der Waals surface area contributed by atoms with Crippen molar-refractivity contribution in [3.8, 4) is 0 Å². The van der Waals surface area contributed by atoms with E-state index in [1.165, 1.54) is 12.8 Å². The second-order valence-electron chi connectivity index (χ2n) is 5.40. The van der Waals surface area contributed by atoms with E-state index in [4.69, 9.17) is 0 Å². The summed E-state index contributed by atoms with van der Waals surface area (Å²) in [4.78, 5) is 14.6. The van der Waals surface area contributed by atoms with E-state index < -0.39 is 0 Å². The average molecular weight is 240 g/mol. The molecular weight excluding hydrogens is 212 g/mol. The van der Waals surface area contributed by atoms with Gasteiger partial charge in [-0.3, -0.25) is 4.79 Å². The zero-order valence-corrected chi connectivity index (χ0v) is 11.8. The van der Waals surface area contributed by atoms with Crippen molar-refractivity contribution in [3.63, 3.8) is 0 Å². The first kappa shape index (κ1) is 14.5. The lowest BCUT2D eigenvalue weighted by molar-refractivity contribution is -0.139. The largest absolute Gasteiger partial charge is 0.337 e. The first-order valence-electron chi connectivity index (χ1n) is 7.13. The van der Waals surface area contributed by atoms with E-state index in [9.17, 15) is 4.79 Å². The Balaban J connectivity index is 2.58. The van der Waals surface area contributed by atoms with Crippen LogP contribution in [0.25, 0.3) is 0 Å². The maximum atomic E-state index is 12.5. The molecule has 3 heteroatoms. The Bertz CT molecular complexity index is 242. The van der Waals surface area contributed by atoms with E-state index in [1.54, 1.807) is 0 Å². The highest BCUT2D eigenvalue weighted by atomic mass is 16.2. The summed E-state index contributed by atoms with van der Waals surface area (Å²) in [5.41, 5.74) is 0. The Labute approximate surface area is 106 Å². The number of amides is 1. The highest BCUT2D eigenvalue weighted by molar-refractivity contribution is 5.79. The molecule has 0 aromatic heterocycles. The van der Waals surface area contributed by atoms with Crippen molar-refractivity contribution in [2.24, 2.45) is 5.92 Å². The summed E-state index contributed by atoms with van der Waals surface area (Å²) in [7, 11) is 0. The van der Waals surface area contributed by atoms with Crippen LogP contribution < -0.4 is 5.32 Å². The van der Waals surface area contributed by atoms with Crippen molar-refractivity contribution >= 4 is 5.91 Å². The molecule has 0 bridgehead atoms. The van der Waals surface area contributed by atoms with Gasteiger partial charge in [0.15, 0.2) is 0 Å². The van der Waals surface area contributed by atoms with Gasteiger partial charge in [-0.2, -0.15) is 0 Å². The number of hydrogen-bond donors (Lipinski definition) is 1. The summed E-state index contributed by atoms with van der Waals surface area (Å²) < 4.78 is 0. The van der Waals surface area contributed by atoms with Crippen LogP contribution in [0.2, 0.25) is 0 Å². The van der Waals surface area contributed by atoms with Crippen molar-refractivity contribution < 1.29 is 4.79 Å². The molecule has 3 unspecified atom stereocenters. The molecule has 0 aromatic carbocycles. The molecule has 1 heterocycles. The number of carbonyl (C=O) groups excluding carboxylic acids is 1.